The smallest absolute Gasteiger partial charge is 0.410 e. The number of H-pyrrole nitrogens is 1. The Kier molecular flexibility index (Phi) is 6.92. The molecule has 170 valence electrons. The number of rotatable bonds is 7. The van der Waals surface area contributed by atoms with Crippen LogP contribution in [-0.2, 0) is 15.9 Å². The van der Waals surface area contributed by atoms with Crippen LogP contribution < -0.4 is 4.74 Å². The standard InChI is InChI=1S/C25H29ClN2O4/c1-16(2)15-32-25(29)28-11-10-20-21-14-18(26)6-9-22(21)27-23(20)24(28)17-4-7-19(8-5-17)31-13-12-30-3/h4-9,14,16,24,27H,10-13,15H2,1-3H3. The molecule has 0 spiro atoms. The molecule has 0 saturated heterocycles. The van der Waals surface area contributed by atoms with Crippen molar-refractivity contribution in [2.45, 2.75) is 26.3 Å². The van der Waals surface area contributed by atoms with E-state index in [4.69, 9.17) is 25.8 Å². The number of carbonyl (C=O) groups is 1. The number of hydrogen-bond donors (Lipinski definition) is 1. The minimum absolute atomic E-state index is 0.275. The molecule has 0 saturated carbocycles. The van der Waals surface area contributed by atoms with Crippen molar-refractivity contribution in [3.05, 3.63) is 64.3 Å². The van der Waals surface area contributed by atoms with Crippen molar-refractivity contribution in [3.8, 4) is 5.75 Å². The molecule has 1 aromatic heterocycles. The van der Waals surface area contributed by atoms with Gasteiger partial charge >= 0.3 is 6.09 Å². The second-order valence-electron chi connectivity index (χ2n) is 8.43. The Labute approximate surface area is 193 Å². The maximum Gasteiger partial charge on any atom is 0.410 e. The number of aromatic nitrogens is 1. The summed E-state index contributed by atoms with van der Waals surface area (Å²) in [6, 6.07) is 13.4. The van der Waals surface area contributed by atoms with Gasteiger partial charge in [0.2, 0.25) is 0 Å². The molecule has 0 fully saturated rings. The highest BCUT2D eigenvalue weighted by molar-refractivity contribution is 6.31. The fourth-order valence-electron chi connectivity index (χ4n) is 4.11. The van der Waals surface area contributed by atoms with Gasteiger partial charge in [0.1, 0.15) is 18.4 Å². The zero-order chi connectivity index (χ0) is 22.7. The summed E-state index contributed by atoms with van der Waals surface area (Å²) >= 11 is 6.27. The number of aromatic amines is 1. The molecule has 1 aliphatic heterocycles. The number of fused-ring (bicyclic) bond motifs is 3. The number of carbonyl (C=O) groups excluding carboxylic acids is 1. The Morgan fingerprint density at radius 3 is 2.69 bits per heavy atom. The lowest BCUT2D eigenvalue weighted by molar-refractivity contribution is 0.0797. The molecule has 32 heavy (non-hydrogen) atoms. The largest absolute Gasteiger partial charge is 0.491 e. The van der Waals surface area contributed by atoms with Crippen molar-refractivity contribution >= 4 is 28.6 Å². The molecule has 0 radical (unpaired) electrons. The van der Waals surface area contributed by atoms with Gasteiger partial charge in [0.05, 0.1) is 13.2 Å². The van der Waals surface area contributed by atoms with Crippen LogP contribution in [0.3, 0.4) is 0 Å². The van der Waals surface area contributed by atoms with E-state index >= 15 is 0 Å². The predicted molar refractivity (Wildman–Crippen MR) is 126 cm³/mol. The molecule has 1 unspecified atom stereocenters. The number of halogens is 1. The molecular formula is C25H29ClN2O4. The molecule has 7 heteroatoms. The first kappa shape index (κ1) is 22.5. The van der Waals surface area contributed by atoms with E-state index < -0.39 is 0 Å². The summed E-state index contributed by atoms with van der Waals surface area (Å²) in [6.45, 7) is 6.04. The number of benzene rings is 2. The van der Waals surface area contributed by atoms with Crippen molar-refractivity contribution in [3.63, 3.8) is 0 Å². The number of methoxy groups -OCH3 is 1. The molecular weight excluding hydrogens is 428 g/mol. The zero-order valence-electron chi connectivity index (χ0n) is 18.7. The maximum atomic E-state index is 13.0. The van der Waals surface area contributed by atoms with Crippen molar-refractivity contribution in [1.82, 2.24) is 9.88 Å². The summed E-state index contributed by atoms with van der Waals surface area (Å²) < 4.78 is 16.4. The summed E-state index contributed by atoms with van der Waals surface area (Å²) in [4.78, 5) is 18.4. The van der Waals surface area contributed by atoms with Crippen molar-refractivity contribution in [2.75, 3.05) is 33.5 Å². The third-order valence-corrected chi connectivity index (χ3v) is 5.85. The average molecular weight is 457 g/mol. The van der Waals surface area contributed by atoms with E-state index in [-0.39, 0.29) is 18.1 Å². The van der Waals surface area contributed by atoms with Crippen molar-refractivity contribution in [2.24, 2.45) is 5.92 Å². The van der Waals surface area contributed by atoms with E-state index in [1.807, 2.05) is 61.2 Å². The number of hydrogen-bond acceptors (Lipinski definition) is 4. The predicted octanol–water partition coefficient (Wildman–Crippen LogP) is 5.59. The highest BCUT2D eigenvalue weighted by atomic mass is 35.5. The van der Waals surface area contributed by atoms with Crippen LogP contribution >= 0.6 is 11.6 Å². The Balaban J connectivity index is 1.70. The van der Waals surface area contributed by atoms with Gasteiger partial charge < -0.3 is 19.2 Å². The lowest BCUT2D eigenvalue weighted by atomic mass is 9.92. The fraction of sp³-hybridized carbons (Fsp3) is 0.400. The van der Waals surface area contributed by atoms with E-state index in [1.165, 1.54) is 5.56 Å². The number of amides is 1. The summed E-state index contributed by atoms with van der Waals surface area (Å²) in [5.41, 5.74) is 4.20. The first-order chi connectivity index (χ1) is 15.5. The first-order valence-electron chi connectivity index (χ1n) is 10.9. The van der Waals surface area contributed by atoms with Gasteiger partial charge in [0.25, 0.3) is 0 Å². The van der Waals surface area contributed by atoms with Gasteiger partial charge in [-0.3, -0.25) is 4.90 Å². The molecule has 2 heterocycles. The lowest BCUT2D eigenvalue weighted by Gasteiger charge is -2.35. The van der Waals surface area contributed by atoms with E-state index in [9.17, 15) is 4.79 Å². The topological polar surface area (TPSA) is 63.8 Å². The molecule has 4 rings (SSSR count). The number of nitrogens with zero attached hydrogens (tertiary/aromatic N) is 1. The molecule has 1 atom stereocenters. The lowest BCUT2D eigenvalue weighted by Crippen LogP contribution is -2.41. The van der Waals surface area contributed by atoms with Gasteiger partial charge in [-0.15, -0.1) is 0 Å². The van der Waals surface area contributed by atoms with E-state index in [2.05, 4.69) is 4.98 Å². The van der Waals surface area contributed by atoms with Crippen LogP contribution in [0.2, 0.25) is 5.02 Å². The van der Waals surface area contributed by atoms with Gasteiger partial charge in [-0.05, 0) is 53.8 Å². The monoisotopic (exact) mass is 456 g/mol. The SMILES string of the molecule is COCCOc1ccc(C2c3[nH]c4ccc(Cl)cc4c3CCN2C(=O)OCC(C)C)cc1. The van der Waals surface area contributed by atoms with Crippen LogP contribution in [0, 0.1) is 5.92 Å². The third-order valence-electron chi connectivity index (χ3n) is 5.62. The molecule has 0 aliphatic carbocycles. The highest BCUT2D eigenvalue weighted by Crippen LogP contribution is 2.39. The first-order valence-corrected chi connectivity index (χ1v) is 11.3. The van der Waals surface area contributed by atoms with Gasteiger partial charge in [-0.25, -0.2) is 4.79 Å². The summed E-state index contributed by atoms with van der Waals surface area (Å²) in [7, 11) is 1.65. The maximum absolute atomic E-state index is 13.0. The molecule has 6 nitrogen and oxygen atoms in total. The van der Waals surface area contributed by atoms with E-state index in [1.54, 1.807) is 7.11 Å². The summed E-state index contributed by atoms with van der Waals surface area (Å²) in [6.07, 6.45) is 0.438. The summed E-state index contributed by atoms with van der Waals surface area (Å²) in [5.74, 6) is 1.04. The Hall–Kier alpha value is -2.70. The molecule has 0 bridgehead atoms. The zero-order valence-corrected chi connectivity index (χ0v) is 19.4. The van der Waals surface area contributed by atoms with Gasteiger partial charge in [0, 0.05) is 35.3 Å². The molecule has 1 N–H and O–H groups in total. The van der Waals surface area contributed by atoms with E-state index in [0.717, 1.165) is 34.3 Å². The third kappa shape index (κ3) is 4.71. The Bertz CT molecular complexity index is 1080. The van der Waals surface area contributed by atoms with Crippen LogP contribution in [0.5, 0.6) is 5.75 Å². The van der Waals surface area contributed by atoms with Gasteiger partial charge in [0.15, 0.2) is 0 Å². The fourth-order valence-corrected chi connectivity index (χ4v) is 4.29. The van der Waals surface area contributed by atoms with Crippen molar-refractivity contribution in [1.29, 1.82) is 0 Å². The van der Waals surface area contributed by atoms with E-state index in [0.29, 0.717) is 31.4 Å². The average Bonchev–Trinajstić information content (AvgIpc) is 3.15. The Morgan fingerprint density at radius 1 is 1.19 bits per heavy atom. The van der Waals surface area contributed by atoms with Crippen molar-refractivity contribution < 1.29 is 19.0 Å². The molecule has 1 amide bonds. The van der Waals surface area contributed by atoms with Gasteiger partial charge in [-0.1, -0.05) is 37.6 Å². The number of ether oxygens (including phenoxy) is 3. The Morgan fingerprint density at radius 2 is 1.97 bits per heavy atom. The summed E-state index contributed by atoms with van der Waals surface area (Å²) in [5, 5.41) is 1.81. The van der Waals surface area contributed by atoms with Crippen LogP contribution in [0.25, 0.3) is 10.9 Å². The normalized spacial score (nSPS) is 15.8. The minimum atomic E-state index is -0.300. The van der Waals surface area contributed by atoms with Gasteiger partial charge in [-0.2, -0.15) is 0 Å². The second kappa shape index (κ2) is 9.84. The molecule has 3 aromatic rings. The minimum Gasteiger partial charge on any atom is -0.491 e. The van der Waals surface area contributed by atoms with Crippen LogP contribution in [0.15, 0.2) is 42.5 Å². The van der Waals surface area contributed by atoms with Crippen LogP contribution in [-0.4, -0.2) is 49.5 Å². The van der Waals surface area contributed by atoms with Crippen LogP contribution in [0.4, 0.5) is 4.79 Å². The second-order valence-corrected chi connectivity index (χ2v) is 8.87. The highest BCUT2D eigenvalue weighted by Gasteiger charge is 2.35. The van der Waals surface area contributed by atoms with Crippen LogP contribution in [0.1, 0.15) is 36.7 Å². The molecule has 1 aliphatic rings. The quantitative estimate of drug-likeness (QED) is 0.471. The number of nitrogens with one attached hydrogen (secondary N) is 1. The molecule has 2 aromatic carbocycles.